The molecule has 0 saturated carbocycles. The van der Waals surface area contributed by atoms with Crippen molar-refractivity contribution in [3.63, 3.8) is 0 Å². The molecule has 2 heterocycles. The molecular formula is C26H36N2O4. The van der Waals surface area contributed by atoms with Gasteiger partial charge in [0.05, 0.1) is 11.7 Å². The molecular weight excluding hydrogens is 404 g/mol. The van der Waals surface area contributed by atoms with Gasteiger partial charge in [0, 0.05) is 38.4 Å². The van der Waals surface area contributed by atoms with Crippen LogP contribution in [-0.2, 0) is 0 Å². The molecule has 3 N–H and O–H groups in total. The zero-order valence-corrected chi connectivity index (χ0v) is 19.2. The van der Waals surface area contributed by atoms with Crippen LogP contribution < -0.4 is 9.64 Å². The fraction of sp³-hybridized carbons (Fsp3) is 0.538. The van der Waals surface area contributed by atoms with Crippen LogP contribution in [0.25, 0.3) is 0 Å². The number of aryl methyl sites for hydroxylation is 2. The summed E-state index contributed by atoms with van der Waals surface area (Å²) in [6, 6.07) is 16.2. The lowest BCUT2D eigenvalue weighted by Gasteiger charge is -2.46. The van der Waals surface area contributed by atoms with E-state index >= 15 is 0 Å². The third-order valence-electron chi connectivity index (χ3n) is 6.96. The van der Waals surface area contributed by atoms with Gasteiger partial charge in [-0.15, -0.1) is 0 Å². The zero-order chi connectivity index (χ0) is 22.8. The van der Waals surface area contributed by atoms with Gasteiger partial charge in [-0.3, -0.25) is 4.90 Å². The highest BCUT2D eigenvalue weighted by atomic mass is 16.5. The average Bonchev–Trinajstić information content (AvgIpc) is 2.77. The molecule has 2 aliphatic rings. The molecule has 2 atom stereocenters. The largest absolute Gasteiger partial charge is 0.490 e. The summed E-state index contributed by atoms with van der Waals surface area (Å²) in [5.41, 5.74) is 1.43. The normalized spacial score (nSPS) is 26.2. The molecule has 0 amide bonds. The first-order chi connectivity index (χ1) is 15.2. The third-order valence-corrected chi connectivity index (χ3v) is 6.96. The molecule has 4 rings (SSSR count). The van der Waals surface area contributed by atoms with E-state index in [1.807, 2.05) is 31.2 Å². The molecule has 2 aliphatic heterocycles. The third kappa shape index (κ3) is 5.44. The van der Waals surface area contributed by atoms with Crippen molar-refractivity contribution in [3.8, 4) is 5.75 Å². The van der Waals surface area contributed by atoms with E-state index in [0.717, 1.165) is 18.7 Å². The predicted molar refractivity (Wildman–Crippen MR) is 126 cm³/mol. The minimum Gasteiger partial charge on any atom is -0.490 e. The first-order valence-corrected chi connectivity index (χ1v) is 11.6. The SMILES string of the molecule is Cc1ccc(OC[C@@]2(O)CN(CC3(O)CCN(c4ccc(C)cc4)CC3)CC[C@@H]2O)cc1. The molecule has 2 aromatic carbocycles. The maximum Gasteiger partial charge on any atom is 0.137 e. The number of rotatable bonds is 6. The van der Waals surface area contributed by atoms with Crippen molar-refractivity contribution in [2.75, 3.05) is 44.2 Å². The summed E-state index contributed by atoms with van der Waals surface area (Å²) in [4.78, 5) is 4.40. The molecule has 6 heteroatoms. The molecule has 2 aromatic rings. The molecule has 2 saturated heterocycles. The standard InChI is InChI=1S/C26H36N2O4/c1-20-3-7-22(8-4-20)28-15-12-25(30,13-16-28)17-27-14-11-24(29)26(31,18-27)19-32-23-9-5-21(2)6-10-23/h3-10,24,29-31H,11-19H2,1-2H3/t24-,26-/m0/s1. The van der Waals surface area contributed by atoms with Crippen LogP contribution >= 0.6 is 0 Å². The van der Waals surface area contributed by atoms with Crippen molar-refractivity contribution in [1.82, 2.24) is 4.90 Å². The lowest BCUT2D eigenvalue weighted by Crippen LogP contribution is -2.62. The van der Waals surface area contributed by atoms with Gasteiger partial charge in [0.15, 0.2) is 0 Å². The number of ether oxygens (including phenoxy) is 1. The Morgan fingerprint density at radius 2 is 1.50 bits per heavy atom. The number of benzene rings is 2. The number of anilines is 1. The van der Waals surface area contributed by atoms with Gasteiger partial charge < -0.3 is 25.0 Å². The van der Waals surface area contributed by atoms with Gasteiger partial charge in [0.25, 0.3) is 0 Å². The summed E-state index contributed by atoms with van der Waals surface area (Å²) in [5.74, 6) is 0.676. The van der Waals surface area contributed by atoms with E-state index in [1.165, 1.54) is 11.3 Å². The second kappa shape index (κ2) is 9.40. The van der Waals surface area contributed by atoms with Gasteiger partial charge in [0.1, 0.15) is 18.0 Å². The summed E-state index contributed by atoms with van der Waals surface area (Å²) < 4.78 is 5.80. The average molecular weight is 441 g/mol. The summed E-state index contributed by atoms with van der Waals surface area (Å²) in [7, 11) is 0. The van der Waals surface area contributed by atoms with E-state index in [2.05, 4.69) is 41.0 Å². The minimum absolute atomic E-state index is 0.0212. The lowest BCUT2D eigenvalue weighted by molar-refractivity contribution is -0.149. The maximum atomic E-state index is 11.3. The molecule has 0 radical (unpaired) electrons. The Labute approximate surface area is 191 Å². The number of aliphatic hydroxyl groups is 3. The van der Waals surface area contributed by atoms with Crippen molar-refractivity contribution in [3.05, 3.63) is 59.7 Å². The maximum absolute atomic E-state index is 11.3. The van der Waals surface area contributed by atoms with Gasteiger partial charge in [0.2, 0.25) is 0 Å². The number of hydrogen-bond donors (Lipinski definition) is 3. The van der Waals surface area contributed by atoms with Crippen molar-refractivity contribution >= 4 is 5.69 Å². The van der Waals surface area contributed by atoms with Crippen LogP contribution in [0, 0.1) is 13.8 Å². The number of nitrogens with zero attached hydrogens (tertiary/aromatic N) is 2. The second-order valence-corrected chi connectivity index (χ2v) is 9.77. The van der Waals surface area contributed by atoms with Gasteiger partial charge in [-0.25, -0.2) is 0 Å². The van der Waals surface area contributed by atoms with Gasteiger partial charge in [-0.05, 0) is 57.4 Å². The molecule has 0 spiro atoms. The Hall–Kier alpha value is -2.12. The van der Waals surface area contributed by atoms with Crippen LogP contribution in [0.3, 0.4) is 0 Å². The lowest BCUT2D eigenvalue weighted by atomic mass is 9.86. The summed E-state index contributed by atoms with van der Waals surface area (Å²) in [5, 5.41) is 32.9. The fourth-order valence-corrected chi connectivity index (χ4v) is 4.78. The van der Waals surface area contributed by atoms with Crippen LogP contribution in [0.1, 0.15) is 30.4 Å². The monoisotopic (exact) mass is 440 g/mol. The highest BCUT2D eigenvalue weighted by Gasteiger charge is 2.44. The minimum atomic E-state index is -1.36. The molecule has 6 nitrogen and oxygen atoms in total. The van der Waals surface area contributed by atoms with E-state index in [9.17, 15) is 15.3 Å². The van der Waals surface area contributed by atoms with Crippen molar-refractivity contribution in [2.24, 2.45) is 0 Å². The second-order valence-electron chi connectivity index (χ2n) is 9.77. The predicted octanol–water partition coefficient (Wildman–Crippen LogP) is 2.51. The van der Waals surface area contributed by atoms with Gasteiger partial charge in [-0.2, -0.15) is 0 Å². The van der Waals surface area contributed by atoms with Crippen LogP contribution in [-0.4, -0.2) is 76.9 Å². The van der Waals surface area contributed by atoms with Crippen LogP contribution in [0.15, 0.2) is 48.5 Å². The Kier molecular flexibility index (Phi) is 6.77. The molecule has 32 heavy (non-hydrogen) atoms. The Balaban J connectivity index is 1.32. The van der Waals surface area contributed by atoms with E-state index in [0.29, 0.717) is 38.1 Å². The zero-order valence-electron chi connectivity index (χ0n) is 19.2. The Bertz CT molecular complexity index is 878. The van der Waals surface area contributed by atoms with Crippen LogP contribution in [0.4, 0.5) is 5.69 Å². The molecule has 2 fully saturated rings. The highest BCUT2D eigenvalue weighted by Crippen LogP contribution is 2.30. The number of piperidine rings is 2. The quantitative estimate of drug-likeness (QED) is 0.641. The van der Waals surface area contributed by atoms with E-state index in [-0.39, 0.29) is 13.2 Å². The topological polar surface area (TPSA) is 76.4 Å². The number of likely N-dealkylation sites (tertiary alicyclic amines) is 1. The number of β-amino-alcohol motifs (C(OH)–C–C–N with tert-alkyl or cyclic N) is 2. The Morgan fingerprint density at radius 3 is 2.12 bits per heavy atom. The number of aliphatic hydroxyl groups excluding tert-OH is 1. The Morgan fingerprint density at radius 1 is 0.906 bits per heavy atom. The molecule has 0 aliphatic carbocycles. The van der Waals surface area contributed by atoms with Crippen molar-refractivity contribution in [1.29, 1.82) is 0 Å². The van der Waals surface area contributed by atoms with Crippen LogP contribution in [0.2, 0.25) is 0 Å². The molecule has 0 bridgehead atoms. The molecule has 0 unspecified atom stereocenters. The van der Waals surface area contributed by atoms with Crippen LogP contribution in [0.5, 0.6) is 5.75 Å². The summed E-state index contributed by atoms with van der Waals surface area (Å²) in [6.45, 7) is 7.15. The number of hydrogen-bond acceptors (Lipinski definition) is 6. The molecule has 0 aromatic heterocycles. The first-order valence-electron chi connectivity index (χ1n) is 11.6. The summed E-state index contributed by atoms with van der Waals surface area (Å²) >= 11 is 0. The summed E-state index contributed by atoms with van der Waals surface area (Å²) in [6.07, 6.45) is 0.970. The highest BCUT2D eigenvalue weighted by molar-refractivity contribution is 5.48. The van der Waals surface area contributed by atoms with E-state index in [1.54, 1.807) is 0 Å². The fourth-order valence-electron chi connectivity index (χ4n) is 4.78. The van der Waals surface area contributed by atoms with E-state index in [4.69, 9.17) is 4.74 Å². The van der Waals surface area contributed by atoms with E-state index < -0.39 is 17.3 Å². The van der Waals surface area contributed by atoms with Gasteiger partial charge >= 0.3 is 0 Å². The first kappa shape index (κ1) is 23.1. The molecule has 174 valence electrons. The smallest absolute Gasteiger partial charge is 0.137 e. The van der Waals surface area contributed by atoms with Crippen molar-refractivity contribution < 1.29 is 20.1 Å². The van der Waals surface area contributed by atoms with Crippen molar-refractivity contribution in [2.45, 2.75) is 50.4 Å². The van der Waals surface area contributed by atoms with Gasteiger partial charge in [-0.1, -0.05) is 35.4 Å².